The predicted molar refractivity (Wildman–Crippen MR) is 90.2 cm³/mol. The molecule has 0 saturated heterocycles. The van der Waals surface area contributed by atoms with Gasteiger partial charge >= 0.3 is 0 Å². The number of nitrogens with one attached hydrogen (secondary N) is 1. The molecule has 0 radical (unpaired) electrons. The van der Waals surface area contributed by atoms with Gasteiger partial charge in [-0.05, 0) is 24.5 Å². The van der Waals surface area contributed by atoms with Crippen molar-refractivity contribution in [3.05, 3.63) is 35.4 Å². The molecule has 2 rings (SSSR count). The zero-order chi connectivity index (χ0) is 18.6. The first-order chi connectivity index (χ1) is 11.7. The fourth-order valence-corrected chi connectivity index (χ4v) is 4.22. The largest absolute Gasteiger partial charge is 0.390 e. The molecule has 1 aromatic rings. The van der Waals surface area contributed by atoms with E-state index in [2.05, 4.69) is 5.32 Å². The van der Waals surface area contributed by atoms with Crippen LogP contribution in [0.2, 0.25) is 0 Å². The lowest BCUT2D eigenvalue weighted by Gasteiger charge is -2.12. The molecule has 0 heterocycles. The Morgan fingerprint density at radius 3 is 2.36 bits per heavy atom. The molecule has 5 N–H and O–H groups in total. The van der Waals surface area contributed by atoms with Gasteiger partial charge in [-0.2, -0.15) is 0 Å². The van der Waals surface area contributed by atoms with Crippen molar-refractivity contribution in [2.75, 3.05) is 5.75 Å². The minimum Gasteiger partial charge on any atom is -0.390 e. The Balaban J connectivity index is 1.89. The number of sulfone groups is 1. The van der Waals surface area contributed by atoms with E-state index in [0.717, 1.165) is 0 Å². The number of aliphatic hydroxyl groups excluding tert-OH is 2. The van der Waals surface area contributed by atoms with Gasteiger partial charge in [-0.15, -0.1) is 0 Å². The van der Waals surface area contributed by atoms with Gasteiger partial charge in [0.2, 0.25) is 11.8 Å². The van der Waals surface area contributed by atoms with Crippen molar-refractivity contribution in [1.82, 2.24) is 5.32 Å². The van der Waals surface area contributed by atoms with Crippen LogP contribution in [0.3, 0.4) is 0 Å². The number of primary amides is 1. The van der Waals surface area contributed by atoms with Gasteiger partial charge in [0.1, 0.15) is 0 Å². The van der Waals surface area contributed by atoms with Crippen LogP contribution in [0.15, 0.2) is 24.3 Å². The smallest absolute Gasteiger partial charge is 0.249 e. The first-order valence-corrected chi connectivity index (χ1v) is 9.73. The van der Waals surface area contributed by atoms with Crippen LogP contribution in [0, 0.1) is 0 Å². The number of carbonyl (C=O) groups excluding carboxylic acids is 2. The van der Waals surface area contributed by atoms with Gasteiger partial charge in [0, 0.05) is 18.0 Å². The van der Waals surface area contributed by atoms with Crippen molar-refractivity contribution >= 4 is 21.7 Å². The van der Waals surface area contributed by atoms with E-state index in [0.29, 0.717) is 5.56 Å². The van der Waals surface area contributed by atoms with Gasteiger partial charge < -0.3 is 21.3 Å². The van der Waals surface area contributed by atoms with Crippen LogP contribution < -0.4 is 11.1 Å². The van der Waals surface area contributed by atoms with E-state index in [1.807, 2.05) is 0 Å². The Kier molecular flexibility index (Phi) is 6.15. The van der Waals surface area contributed by atoms with Crippen LogP contribution in [0.25, 0.3) is 0 Å². The molecule has 1 aliphatic rings. The molecule has 0 bridgehead atoms. The van der Waals surface area contributed by atoms with Crippen molar-refractivity contribution in [1.29, 1.82) is 0 Å². The summed E-state index contributed by atoms with van der Waals surface area (Å²) in [5.41, 5.74) is 5.68. The van der Waals surface area contributed by atoms with Gasteiger partial charge in [0.25, 0.3) is 0 Å². The standard InChI is InChI=1S/C16H22N2O6S/c17-16(22)12-4-2-1-3-10(12)9-25(23,24)6-5-15(21)18-11-7-13(19)14(20)8-11/h1-4,11,13-14,19-20H,5-9H2,(H2,17,22)(H,18,21)/t11?,13-,14?/m1/s1. The van der Waals surface area contributed by atoms with Crippen LogP contribution in [0.4, 0.5) is 0 Å². The molecular formula is C16H22N2O6S. The number of nitrogens with two attached hydrogens (primary N) is 1. The fraction of sp³-hybridized carbons (Fsp3) is 0.500. The topological polar surface area (TPSA) is 147 Å². The maximum atomic E-state index is 12.2. The number of aliphatic hydroxyl groups is 2. The minimum absolute atomic E-state index is 0.143. The van der Waals surface area contributed by atoms with Crippen molar-refractivity contribution in [3.63, 3.8) is 0 Å². The van der Waals surface area contributed by atoms with Gasteiger partial charge in [0.15, 0.2) is 9.84 Å². The van der Waals surface area contributed by atoms with Crippen molar-refractivity contribution in [3.8, 4) is 0 Å². The average molecular weight is 370 g/mol. The number of carbonyl (C=O) groups is 2. The molecule has 8 nitrogen and oxygen atoms in total. The molecule has 138 valence electrons. The average Bonchev–Trinajstić information content (AvgIpc) is 2.83. The van der Waals surface area contributed by atoms with Crippen LogP contribution in [-0.2, 0) is 20.4 Å². The molecule has 1 fully saturated rings. The van der Waals surface area contributed by atoms with Crippen LogP contribution >= 0.6 is 0 Å². The zero-order valence-electron chi connectivity index (χ0n) is 13.6. The van der Waals surface area contributed by atoms with Gasteiger partial charge in [0.05, 0.1) is 23.7 Å². The molecule has 1 aromatic carbocycles. The molecule has 2 unspecified atom stereocenters. The first kappa shape index (κ1) is 19.4. The van der Waals surface area contributed by atoms with E-state index < -0.39 is 33.9 Å². The van der Waals surface area contributed by atoms with Gasteiger partial charge in [-0.1, -0.05) is 18.2 Å². The lowest BCUT2D eigenvalue weighted by atomic mass is 10.1. The highest BCUT2D eigenvalue weighted by Gasteiger charge is 2.32. The molecule has 9 heteroatoms. The van der Waals surface area contributed by atoms with E-state index >= 15 is 0 Å². The van der Waals surface area contributed by atoms with Crippen LogP contribution in [0.5, 0.6) is 0 Å². The van der Waals surface area contributed by atoms with Crippen molar-refractivity contribution in [2.45, 2.75) is 43.3 Å². The van der Waals surface area contributed by atoms with E-state index in [9.17, 15) is 28.2 Å². The number of rotatable bonds is 7. The Labute approximate surface area is 146 Å². The monoisotopic (exact) mass is 370 g/mol. The Bertz CT molecular complexity index is 739. The SMILES string of the molecule is NC(=O)c1ccccc1CS(=O)(=O)CCC(=O)NC1CC(O)[C@H](O)C1. The Morgan fingerprint density at radius 2 is 1.76 bits per heavy atom. The maximum Gasteiger partial charge on any atom is 0.249 e. The second-order valence-electron chi connectivity index (χ2n) is 6.23. The van der Waals surface area contributed by atoms with E-state index in [1.54, 1.807) is 12.1 Å². The second kappa shape index (κ2) is 7.94. The summed E-state index contributed by atoms with van der Waals surface area (Å²) in [6, 6.07) is 5.81. The van der Waals surface area contributed by atoms with Crippen molar-refractivity contribution < 1.29 is 28.2 Å². The molecule has 1 saturated carbocycles. The normalized spacial score (nSPS) is 23.4. The Morgan fingerprint density at radius 1 is 1.16 bits per heavy atom. The highest BCUT2D eigenvalue weighted by Crippen LogP contribution is 2.20. The molecule has 1 aliphatic carbocycles. The maximum absolute atomic E-state index is 12.2. The molecule has 0 aromatic heterocycles. The summed E-state index contributed by atoms with van der Waals surface area (Å²) in [7, 11) is -3.61. The third-order valence-corrected chi connectivity index (χ3v) is 5.74. The summed E-state index contributed by atoms with van der Waals surface area (Å²) in [4.78, 5) is 23.2. The third kappa shape index (κ3) is 5.52. The highest BCUT2D eigenvalue weighted by molar-refractivity contribution is 7.90. The zero-order valence-corrected chi connectivity index (χ0v) is 14.4. The molecule has 2 amide bonds. The molecule has 0 spiro atoms. The quantitative estimate of drug-likeness (QED) is 0.489. The summed E-state index contributed by atoms with van der Waals surface area (Å²) in [6.07, 6.45) is -1.50. The number of amides is 2. The number of benzene rings is 1. The van der Waals surface area contributed by atoms with Crippen molar-refractivity contribution in [2.24, 2.45) is 5.73 Å². The lowest BCUT2D eigenvalue weighted by molar-refractivity contribution is -0.121. The molecule has 0 aliphatic heterocycles. The van der Waals surface area contributed by atoms with E-state index in [-0.39, 0.29) is 42.4 Å². The van der Waals surface area contributed by atoms with E-state index in [4.69, 9.17) is 5.73 Å². The highest BCUT2D eigenvalue weighted by atomic mass is 32.2. The predicted octanol–water partition coefficient (Wildman–Crippen LogP) is -0.909. The fourth-order valence-electron chi connectivity index (χ4n) is 2.85. The van der Waals surface area contributed by atoms with Gasteiger partial charge in [-0.25, -0.2) is 8.42 Å². The van der Waals surface area contributed by atoms with E-state index in [1.165, 1.54) is 12.1 Å². The second-order valence-corrected chi connectivity index (χ2v) is 8.42. The third-order valence-electron chi connectivity index (χ3n) is 4.16. The minimum atomic E-state index is -3.61. The number of hydrogen-bond acceptors (Lipinski definition) is 6. The first-order valence-electron chi connectivity index (χ1n) is 7.91. The molecule has 25 heavy (non-hydrogen) atoms. The lowest BCUT2D eigenvalue weighted by Crippen LogP contribution is -2.34. The summed E-state index contributed by atoms with van der Waals surface area (Å²) in [5, 5.41) is 21.5. The van der Waals surface area contributed by atoms with Crippen LogP contribution in [-0.4, -0.2) is 54.4 Å². The van der Waals surface area contributed by atoms with Crippen LogP contribution in [0.1, 0.15) is 35.2 Å². The summed E-state index contributed by atoms with van der Waals surface area (Å²) < 4.78 is 24.4. The molecule has 3 atom stereocenters. The van der Waals surface area contributed by atoms with Gasteiger partial charge in [-0.3, -0.25) is 9.59 Å². The molecular weight excluding hydrogens is 348 g/mol. The summed E-state index contributed by atoms with van der Waals surface area (Å²) in [6.45, 7) is 0. The number of hydrogen-bond donors (Lipinski definition) is 4. The Hall–Kier alpha value is -1.97. The summed E-state index contributed by atoms with van der Waals surface area (Å²) in [5.74, 6) is -1.91. The summed E-state index contributed by atoms with van der Waals surface area (Å²) >= 11 is 0.